The molecule has 2 aliphatic rings. The first-order valence-corrected chi connectivity index (χ1v) is 7.83. The Kier molecular flexibility index (Phi) is 4.76. The summed E-state index contributed by atoms with van der Waals surface area (Å²) in [5, 5.41) is 9.47. The minimum absolute atomic E-state index is 0.0725. The minimum Gasteiger partial charge on any atom is -0.481 e. The van der Waals surface area contributed by atoms with E-state index in [4.69, 9.17) is 0 Å². The van der Waals surface area contributed by atoms with Gasteiger partial charge in [0, 0.05) is 39.8 Å². The Morgan fingerprint density at radius 3 is 2.29 bits per heavy atom. The molecule has 2 heterocycles. The van der Waals surface area contributed by atoms with Crippen LogP contribution in [0.15, 0.2) is 0 Å². The molecule has 2 fully saturated rings. The van der Waals surface area contributed by atoms with Crippen molar-refractivity contribution in [1.82, 2.24) is 14.7 Å². The molecule has 0 aromatic heterocycles. The monoisotopic (exact) mass is 297 g/mol. The van der Waals surface area contributed by atoms with Crippen LogP contribution in [-0.2, 0) is 4.79 Å². The molecule has 0 aromatic rings. The van der Waals surface area contributed by atoms with E-state index in [-0.39, 0.29) is 6.03 Å². The summed E-state index contributed by atoms with van der Waals surface area (Å²) in [7, 11) is 3.55. The first-order chi connectivity index (χ1) is 9.89. The van der Waals surface area contributed by atoms with Gasteiger partial charge in [0.15, 0.2) is 0 Å². The van der Waals surface area contributed by atoms with Crippen molar-refractivity contribution in [1.29, 1.82) is 0 Å². The number of urea groups is 1. The van der Waals surface area contributed by atoms with Crippen molar-refractivity contribution in [2.75, 3.05) is 40.3 Å². The lowest BCUT2D eigenvalue weighted by Crippen LogP contribution is -2.49. The third-order valence-electron chi connectivity index (χ3n) is 5.15. The second kappa shape index (κ2) is 6.22. The second-order valence-electron chi connectivity index (χ2n) is 6.55. The third kappa shape index (κ3) is 3.15. The lowest BCUT2D eigenvalue weighted by molar-refractivity contribution is -0.148. The summed E-state index contributed by atoms with van der Waals surface area (Å²) < 4.78 is 0. The molecule has 6 heteroatoms. The molecule has 0 spiro atoms. The van der Waals surface area contributed by atoms with Crippen molar-refractivity contribution in [2.45, 2.75) is 38.6 Å². The summed E-state index contributed by atoms with van der Waals surface area (Å²) in [5.74, 6) is -0.660. The first kappa shape index (κ1) is 16.1. The van der Waals surface area contributed by atoms with Gasteiger partial charge in [-0.05, 0) is 32.2 Å². The van der Waals surface area contributed by atoms with Gasteiger partial charge in [0.25, 0.3) is 0 Å². The summed E-state index contributed by atoms with van der Waals surface area (Å²) in [6, 6.07) is 0.493. The van der Waals surface area contributed by atoms with E-state index < -0.39 is 11.4 Å². The molecule has 2 rings (SSSR count). The fraction of sp³-hybridized carbons (Fsp3) is 0.867. The van der Waals surface area contributed by atoms with Crippen LogP contribution in [0.25, 0.3) is 0 Å². The maximum Gasteiger partial charge on any atom is 0.319 e. The van der Waals surface area contributed by atoms with Crippen molar-refractivity contribution in [3.05, 3.63) is 0 Å². The number of carbonyl (C=O) groups excluding carboxylic acids is 1. The number of likely N-dealkylation sites (tertiary alicyclic amines) is 2. The molecule has 0 radical (unpaired) electrons. The molecule has 120 valence electrons. The second-order valence-corrected chi connectivity index (χ2v) is 6.55. The first-order valence-electron chi connectivity index (χ1n) is 7.83. The van der Waals surface area contributed by atoms with Crippen LogP contribution in [0.1, 0.15) is 32.6 Å². The zero-order valence-electron chi connectivity index (χ0n) is 13.3. The van der Waals surface area contributed by atoms with E-state index in [9.17, 15) is 14.7 Å². The normalized spacial score (nSPS) is 27.9. The number of rotatable bonds is 3. The molecule has 0 aromatic carbocycles. The van der Waals surface area contributed by atoms with E-state index in [2.05, 4.69) is 4.90 Å². The topological polar surface area (TPSA) is 64.1 Å². The van der Waals surface area contributed by atoms with E-state index in [0.29, 0.717) is 19.0 Å². The fourth-order valence-electron chi connectivity index (χ4n) is 3.54. The fourth-order valence-corrected chi connectivity index (χ4v) is 3.54. The summed E-state index contributed by atoms with van der Waals surface area (Å²) in [4.78, 5) is 29.3. The molecule has 2 saturated heterocycles. The Morgan fingerprint density at radius 1 is 1.24 bits per heavy atom. The zero-order chi connectivity index (χ0) is 15.6. The van der Waals surface area contributed by atoms with Crippen molar-refractivity contribution in [2.24, 2.45) is 5.41 Å². The summed E-state index contributed by atoms with van der Waals surface area (Å²) in [6.07, 6.45) is 3.32. The average Bonchev–Trinajstić information content (AvgIpc) is 2.92. The quantitative estimate of drug-likeness (QED) is 0.853. The molecule has 0 saturated carbocycles. The highest BCUT2D eigenvalue weighted by molar-refractivity contribution is 5.75. The van der Waals surface area contributed by atoms with Gasteiger partial charge >= 0.3 is 12.0 Å². The van der Waals surface area contributed by atoms with Crippen molar-refractivity contribution >= 4 is 12.0 Å². The van der Waals surface area contributed by atoms with Crippen LogP contribution in [0.5, 0.6) is 0 Å². The standard InChI is InChI=1S/C15H27N3O3/c1-4-15(13(19)20)7-10-18(11-15)12-5-8-17(9-6-12)14(21)16(2)3/h12H,4-11H2,1-3H3,(H,19,20). The molecule has 1 N–H and O–H groups in total. The Morgan fingerprint density at radius 2 is 1.86 bits per heavy atom. The van der Waals surface area contributed by atoms with Gasteiger partial charge in [0.2, 0.25) is 0 Å². The number of hydrogen-bond acceptors (Lipinski definition) is 3. The number of hydrogen-bond donors (Lipinski definition) is 1. The highest BCUT2D eigenvalue weighted by Crippen LogP contribution is 2.36. The molecule has 1 unspecified atom stereocenters. The maximum atomic E-state index is 11.9. The van der Waals surface area contributed by atoms with Crippen LogP contribution >= 0.6 is 0 Å². The minimum atomic E-state index is -0.660. The molecule has 6 nitrogen and oxygen atoms in total. The SMILES string of the molecule is CCC1(C(=O)O)CCN(C2CCN(C(=O)N(C)C)CC2)C1. The van der Waals surface area contributed by atoms with Crippen molar-refractivity contribution in [3.8, 4) is 0 Å². The molecule has 0 aliphatic carbocycles. The smallest absolute Gasteiger partial charge is 0.319 e. The summed E-state index contributed by atoms with van der Waals surface area (Å²) >= 11 is 0. The number of piperidine rings is 1. The van der Waals surface area contributed by atoms with Gasteiger partial charge in [0.05, 0.1) is 5.41 Å². The van der Waals surface area contributed by atoms with E-state index in [1.807, 2.05) is 11.8 Å². The molecule has 21 heavy (non-hydrogen) atoms. The van der Waals surface area contributed by atoms with Gasteiger partial charge in [-0.2, -0.15) is 0 Å². The zero-order valence-corrected chi connectivity index (χ0v) is 13.3. The van der Waals surface area contributed by atoms with Gasteiger partial charge in [-0.1, -0.05) is 6.92 Å². The predicted molar refractivity (Wildman–Crippen MR) is 80.2 cm³/mol. The molecular weight excluding hydrogens is 270 g/mol. The summed E-state index contributed by atoms with van der Waals surface area (Å²) in [6.45, 7) is 5.03. The number of amides is 2. The van der Waals surface area contributed by atoms with Crippen LogP contribution in [-0.4, -0.2) is 78.1 Å². The van der Waals surface area contributed by atoms with Crippen LogP contribution in [0.2, 0.25) is 0 Å². The van der Waals surface area contributed by atoms with Gasteiger partial charge in [-0.3, -0.25) is 9.69 Å². The number of aliphatic carboxylic acids is 1. The maximum absolute atomic E-state index is 11.9. The molecule has 1 atom stereocenters. The summed E-state index contributed by atoms with van der Waals surface area (Å²) in [5.41, 5.74) is -0.559. The Labute approximate surface area is 126 Å². The van der Waals surface area contributed by atoms with E-state index in [1.54, 1.807) is 19.0 Å². The average molecular weight is 297 g/mol. The third-order valence-corrected chi connectivity index (χ3v) is 5.15. The molecule has 2 amide bonds. The van der Waals surface area contributed by atoms with Crippen LogP contribution in [0, 0.1) is 5.41 Å². The van der Waals surface area contributed by atoms with Gasteiger partial charge in [0.1, 0.15) is 0 Å². The highest BCUT2D eigenvalue weighted by Gasteiger charge is 2.45. The van der Waals surface area contributed by atoms with Crippen molar-refractivity contribution < 1.29 is 14.7 Å². The van der Waals surface area contributed by atoms with E-state index in [0.717, 1.165) is 38.9 Å². The largest absolute Gasteiger partial charge is 0.481 e. The van der Waals surface area contributed by atoms with Gasteiger partial charge in [-0.15, -0.1) is 0 Å². The molecule has 0 bridgehead atoms. The van der Waals surface area contributed by atoms with Crippen LogP contribution < -0.4 is 0 Å². The Bertz CT molecular complexity index is 405. The van der Waals surface area contributed by atoms with Crippen LogP contribution in [0.3, 0.4) is 0 Å². The van der Waals surface area contributed by atoms with Gasteiger partial charge in [-0.25, -0.2) is 4.79 Å². The van der Waals surface area contributed by atoms with Gasteiger partial charge < -0.3 is 14.9 Å². The molecule has 2 aliphatic heterocycles. The highest BCUT2D eigenvalue weighted by atomic mass is 16.4. The number of carboxylic acid groups (broad SMARTS) is 1. The Balaban J connectivity index is 1.89. The number of carboxylic acids is 1. The molecular formula is C15H27N3O3. The lowest BCUT2D eigenvalue weighted by Gasteiger charge is -2.38. The number of carbonyl (C=O) groups is 2. The van der Waals surface area contributed by atoms with Crippen LogP contribution in [0.4, 0.5) is 4.79 Å². The lowest BCUT2D eigenvalue weighted by atomic mass is 9.84. The predicted octanol–water partition coefficient (Wildman–Crippen LogP) is 1.32. The Hall–Kier alpha value is -1.30. The van der Waals surface area contributed by atoms with E-state index >= 15 is 0 Å². The number of nitrogens with zero attached hydrogens (tertiary/aromatic N) is 3. The van der Waals surface area contributed by atoms with Crippen molar-refractivity contribution in [3.63, 3.8) is 0 Å². The van der Waals surface area contributed by atoms with E-state index in [1.165, 1.54) is 0 Å².